The minimum absolute atomic E-state index is 0.0612. The van der Waals surface area contributed by atoms with Crippen LogP contribution in [0.2, 0.25) is 5.02 Å². The van der Waals surface area contributed by atoms with Crippen LogP contribution in [0.25, 0.3) is 0 Å². The summed E-state index contributed by atoms with van der Waals surface area (Å²) in [5.41, 5.74) is 1.12. The molecule has 1 atom stereocenters. The van der Waals surface area contributed by atoms with Crippen LogP contribution in [-0.4, -0.2) is 10.5 Å². The van der Waals surface area contributed by atoms with E-state index in [0.29, 0.717) is 10.6 Å². The number of hydrogen-bond acceptors (Lipinski definition) is 3. The molecule has 2 rings (SSSR count). The Balaban J connectivity index is 2.10. The summed E-state index contributed by atoms with van der Waals surface area (Å²) in [5.74, 6) is -0.303. The molecule has 6 heteroatoms. The van der Waals surface area contributed by atoms with Crippen LogP contribution >= 0.6 is 11.6 Å². The predicted octanol–water partition coefficient (Wildman–Crippen LogP) is 2.56. The van der Waals surface area contributed by atoms with Crippen molar-refractivity contribution in [2.24, 2.45) is 0 Å². The summed E-state index contributed by atoms with van der Waals surface area (Å²) in [4.78, 5) is 24.2. The SMILES string of the molecule is Cc1ccn(CC(=O)N[C@@H](C)c2ccc(Cl)cc2)c(=O)c1C#N. The summed E-state index contributed by atoms with van der Waals surface area (Å²) in [6.07, 6.45) is 1.52. The molecular weight excluding hydrogens is 314 g/mol. The monoisotopic (exact) mass is 329 g/mol. The lowest BCUT2D eigenvalue weighted by atomic mass is 10.1. The molecule has 1 amide bonds. The Morgan fingerprint density at radius 2 is 2.00 bits per heavy atom. The molecule has 1 N–H and O–H groups in total. The number of aryl methyl sites for hydroxylation is 1. The van der Waals surface area contributed by atoms with Gasteiger partial charge < -0.3 is 9.88 Å². The second-order valence-electron chi connectivity index (χ2n) is 5.26. The van der Waals surface area contributed by atoms with E-state index in [1.54, 1.807) is 25.1 Å². The first-order valence-corrected chi connectivity index (χ1v) is 7.45. The summed E-state index contributed by atoms with van der Waals surface area (Å²) in [6, 6.07) is 10.5. The van der Waals surface area contributed by atoms with Gasteiger partial charge in [-0.05, 0) is 43.2 Å². The molecule has 2 aromatic rings. The Labute approximate surface area is 139 Å². The Morgan fingerprint density at radius 1 is 1.35 bits per heavy atom. The van der Waals surface area contributed by atoms with E-state index < -0.39 is 5.56 Å². The maximum absolute atomic E-state index is 12.1. The van der Waals surface area contributed by atoms with Crippen molar-refractivity contribution >= 4 is 17.5 Å². The summed E-state index contributed by atoms with van der Waals surface area (Å²) in [5, 5.41) is 12.4. The van der Waals surface area contributed by atoms with E-state index in [0.717, 1.165) is 5.56 Å². The number of benzene rings is 1. The molecule has 1 aromatic heterocycles. The normalized spacial score (nSPS) is 11.6. The zero-order valence-electron chi connectivity index (χ0n) is 12.8. The van der Waals surface area contributed by atoms with Gasteiger partial charge in [0, 0.05) is 11.2 Å². The van der Waals surface area contributed by atoms with Crippen LogP contribution in [0.1, 0.15) is 29.7 Å². The lowest BCUT2D eigenvalue weighted by Crippen LogP contribution is -2.34. The number of nitrogens with zero attached hydrogens (tertiary/aromatic N) is 2. The second kappa shape index (κ2) is 7.12. The van der Waals surface area contributed by atoms with Crippen molar-refractivity contribution in [1.29, 1.82) is 5.26 Å². The van der Waals surface area contributed by atoms with Gasteiger partial charge in [-0.1, -0.05) is 23.7 Å². The van der Waals surface area contributed by atoms with Crippen LogP contribution in [-0.2, 0) is 11.3 Å². The zero-order chi connectivity index (χ0) is 17.0. The molecule has 5 nitrogen and oxygen atoms in total. The molecule has 23 heavy (non-hydrogen) atoms. The highest BCUT2D eigenvalue weighted by Crippen LogP contribution is 2.15. The molecule has 118 valence electrons. The number of rotatable bonds is 4. The van der Waals surface area contributed by atoms with E-state index in [2.05, 4.69) is 5.32 Å². The highest BCUT2D eigenvalue weighted by Gasteiger charge is 2.12. The van der Waals surface area contributed by atoms with Gasteiger partial charge in [0.15, 0.2) is 0 Å². The van der Waals surface area contributed by atoms with Crippen molar-refractivity contribution in [2.75, 3.05) is 0 Å². The molecular formula is C17H16ClN3O2. The van der Waals surface area contributed by atoms with Crippen molar-refractivity contribution in [3.63, 3.8) is 0 Å². The van der Waals surface area contributed by atoms with Gasteiger partial charge >= 0.3 is 0 Å². The minimum atomic E-state index is -0.457. The fourth-order valence-electron chi connectivity index (χ4n) is 2.20. The summed E-state index contributed by atoms with van der Waals surface area (Å²) in [6.45, 7) is 3.40. The maximum atomic E-state index is 12.1. The standard InChI is InChI=1S/C17H16ClN3O2/c1-11-7-8-21(17(23)15(11)9-19)10-16(22)20-12(2)13-3-5-14(18)6-4-13/h3-8,12H,10H2,1-2H3,(H,20,22)/t12-/m0/s1. The number of hydrogen-bond donors (Lipinski definition) is 1. The quantitative estimate of drug-likeness (QED) is 0.936. The average Bonchev–Trinajstić information content (AvgIpc) is 2.51. The van der Waals surface area contributed by atoms with E-state index in [-0.39, 0.29) is 24.1 Å². The number of carbonyl (C=O) groups excluding carboxylic acids is 1. The molecule has 0 radical (unpaired) electrons. The second-order valence-corrected chi connectivity index (χ2v) is 5.70. The van der Waals surface area contributed by atoms with Crippen molar-refractivity contribution < 1.29 is 4.79 Å². The Bertz CT molecular complexity index is 819. The first kappa shape index (κ1) is 16.8. The first-order chi connectivity index (χ1) is 10.9. The van der Waals surface area contributed by atoms with Gasteiger partial charge in [0.1, 0.15) is 18.2 Å². The molecule has 1 heterocycles. The molecule has 0 fully saturated rings. The Morgan fingerprint density at radius 3 is 2.61 bits per heavy atom. The van der Waals surface area contributed by atoms with E-state index in [1.807, 2.05) is 25.1 Å². The van der Waals surface area contributed by atoms with Crippen LogP contribution in [0.3, 0.4) is 0 Å². The number of carbonyl (C=O) groups is 1. The van der Waals surface area contributed by atoms with Crippen molar-refractivity contribution in [3.8, 4) is 6.07 Å². The molecule has 1 aromatic carbocycles. The largest absolute Gasteiger partial charge is 0.348 e. The topological polar surface area (TPSA) is 74.9 Å². The zero-order valence-corrected chi connectivity index (χ0v) is 13.6. The number of nitrogens with one attached hydrogen (secondary N) is 1. The van der Waals surface area contributed by atoms with E-state index in [9.17, 15) is 9.59 Å². The fraction of sp³-hybridized carbons (Fsp3) is 0.235. The molecule has 0 aliphatic rings. The van der Waals surface area contributed by atoms with Gasteiger partial charge in [-0.25, -0.2) is 0 Å². The maximum Gasteiger partial charge on any atom is 0.269 e. The summed E-state index contributed by atoms with van der Waals surface area (Å²) < 4.78 is 1.23. The van der Waals surface area contributed by atoms with E-state index >= 15 is 0 Å². The molecule has 0 spiro atoms. The predicted molar refractivity (Wildman–Crippen MR) is 88.2 cm³/mol. The van der Waals surface area contributed by atoms with Crippen LogP contribution in [0.5, 0.6) is 0 Å². The van der Waals surface area contributed by atoms with Gasteiger partial charge in [-0.15, -0.1) is 0 Å². The van der Waals surface area contributed by atoms with Crippen molar-refractivity contribution in [1.82, 2.24) is 9.88 Å². The molecule has 0 bridgehead atoms. The lowest BCUT2D eigenvalue weighted by Gasteiger charge is -2.15. The number of halogens is 1. The Hall–Kier alpha value is -2.58. The molecule has 0 saturated carbocycles. The van der Waals surface area contributed by atoms with Gasteiger partial charge in [-0.2, -0.15) is 5.26 Å². The van der Waals surface area contributed by atoms with Crippen LogP contribution < -0.4 is 10.9 Å². The average molecular weight is 330 g/mol. The van der Waals surface area contributed by atoms with Gasteiger partial charge in [0.05, 0.1) is 6.04 Å². The summed E-state index contributed by atoms with van der Waals surface area (Å²) in [7, 11) is 0. The van der Waals surface area contributed by atoms with Gasteiger partial charge in [0.25, 0.3) is 5.56 Å². The van der Waals surface area contributed by atoms with E-state index in [4.69, 9.17) is 16.9 Å². The summed E-state index contributed by atoms with van der Waals surface area (Å²) >= 11 is 5.84. The molecule has 0 aliphatic heterocycles. The van der Waals surface area contributed by atoms with Gasteiger partial charge in [0.2, 0.25) is 5.91 Å². The van der Waals surface area contributed by atoms with Gasteiger partial charge in [-0.3, -0.25) is 9.59 Å². The van der Waals surface area contributed by atoms with Crippen molar-refractivity contribution in [2.45, 2.75) is 26.4 Å². The number of pyridine rings is 1. The molecule has 0 aliphatic carbocycles. The molecule has 0 saturated heterocycles. The third-order valence-corrected chi connectivity index (χ3v) is 3.80. The van der Waals surface area contributed by atoms with Crippen LogP contribution in [0.15, 0.2) is 41.3 Å². The highest BCUT2D eigenvalue weighted by atomic mass is 35.5. The third kappa shape index (κ3) is 3.99. The number of aromatic nitrogens is 1. The first-order valence-electron chi connectivity index (χ1n) is 7.07. The number of nitriles is 1. The lowest BCUT2D eigenvalue weighted by molar-refractivity contribution is -0.122. The third-order valence-electron chi connectivity index (χ3n) is 3.55. The number of amides is 1. The Kier molecular flexibility index (Phi) is 5.20. The fourth-order valence-corrected chi connectivity index (χ4v) is 2.33. The van der Waals surface area contributed by atoms with E-state index in [1.165, 1.54) is 10.8 Å². The van der Waals surface area contributed by atoms with Crippen molar-refractivity contribution in [3.05, 3.63) is 68.6 Å². The van der Waals surface area contributed by atoms with Crippen LogP contribution in [0, 0.1) is 18.3 Å². The van der Waals surface area contributed by atoms with Crippen LogP contribution in [0.4, 0.5) is 0 Å². The molecule has 0 unspecified atom stereocenters. The highest BCUT2D eigenvalue weighted by molar-refractivity contribution is 6.30. The smallest absolute Gasteiger partial charge is 0.269 e. The minimum Gasteiger partial charge on any atom is -0.348 e.